The Morgan fingerprint density at radius 3 is 2.15 bits per heavy atom. The Balaban J connectivity index is 1.95. The molecule has 1 atom stereocenters. The van der Waals surface area contributed by atoms with Gasteiger partial charge >= 0.3 is 12.0 Å². The van der Waals surface area contributed by atoms with Crippen molar-refractivity contribution in [2.24, 2.45) is 5.73 Å². The predicted molar refractivity (Wildman–Crippen MR) is 132 cm³/mol. The lowest BCUT2D eigenvalue weighted by molar-refractivity contribution is -0.138. The lowest BCUT2D eigenvalue weighted by atomic mass is 10.1. The van der Waals surface area contributed by atoms with E-state index >= 15 is 0 Å². The molecule has 182 valence electrons. The average Bonchev–Trinajstić information content (AvgIpc) is 2.78. The Morgan fingerprint density at radius 2 is 1.62 bits per heavy atom. The lowest BCUT2D eigenvalue weighted by Gasteiger charge is -2.15. The van der Waals surface area contributed by atoms with E-state index < -0.39 is 34.0 Å². The molecule has 6 N–H and O–H groups in total. The van der Waals surface area contributed by atoms with Gasteiger partial charge in [-0.2, -0.15) is 0 Å². The number of nitrogens with one attached hydrogen (secondary N) is 3. The molecule has 0 saturated heterocycles. The van der Waals surface area contributed by atoms with E-state index in [-0.39, 0.29) is 22.7 Å². The fourth-order valence-corrected chi connectivity index (χ4v) is 4.41. The van der Waals surface area contributed by atoms with Gasteiger partial charge in [0.05, 0.1) is 5.75 Å². The van der Waals surface area contributed by atoms with Gasteiger partial charge in [0, 0.05) is 16.8 Å². The number of hydrogen-bond acceptors (Lipinski definition) is 6. The summed E-state index contributed by atoms with van der Waals surface area (Å²) in [4.78, 5) is 36.0. The van der Waals surface area contributed by atoms with Gasteiger partial charge in [0.2, 0.25) is 10.0 Å². The quantitative estimate of drug-likeness (QED) is 0.288. The minimum absolute atomic E-state index is 0.0755. The summed E-state index contributed by atoms with van der Waals surface area (Å²) in [6, 6.07) is 10.2. The van der Waals surface area contributed by atoms with Gasteiger partial charge in [-0.25, -0.2) is 17.9 Å². The van der Waals surface area contributed by atoms with E-state index in [0.717, 1.165) is 0 Å². The summed E-state index contributed by atoms with van der Waals surface area (Å²) < 4.78 is 26.3. The molecule has 3 amide bonds. The third-order valence-electron chi connectivity index (χ3n) is 4.70. The van der Waals surface area contributed by atoms with Crippen LogP contribution in [0.5, 0.6) is 0 Å². The fraction of sp³-hybridized carbons (Fsp3) is 0.273. The number of carbonyl (C=O) groups is 3. The normalized spacial score (nSPS) is 11.9. The molecule has 2 rings (SSSR count). The monoisotopic (exact) mass is 506 g/mol. The number of unbranched alkanes of at least 4 members (excludes halogenated alkanes) is 1. The SMILES string of the molecule is CCCCS(=O)(=O)N[C@@H](Cc1ccc(NC(=O)NC(=O)c2ccc(C(N)=S)cc2)cc1)C(=O)O. The van der Waals surface area contributed by atoms with Gasteiger partial charge in [-0.15, -0.1) is 0 Å². The van der Waals surface area contributed by atoms with Crippen molar-refractivity contribution in [3.05, 3.63) is 65.2 Å². The topological polar surface area (TPSA) is 168 Å². The number of carboxylic acid groups (broad SMARTS) is 1. The molecular weight excluding hydrogens is 480 g/mol. The summed E-state index contributed by atoms with van der Waals surface area (Å²) in [6.07, 6.45) is 1.02. The molecule has 34 heavy (non-hydrogen) atoms. The number of amides is 3. The van der Waals surface area contributed by atoms with Crippen LogP contribution in [-0.4, -0.2) is 48.2 Å². The van der Waals surface area contributed by atoms with Crippen molar-refractivity contribution in [2.75, 3.05) is 11.1 Å². The molecule has 2 aromatic rings. The van der Waals surface area contributed by atoms with Gasteiger partial charge in [0.1, 0.15) is 11.0 Å². The van der Waals surface area contributed by atoms with Gasteiger partial charge in [-0.3, -0.25) is 14.9 Å². The zero-order valence-electron chi connectivity index (χ0n) is 18.4. The first-order valence-corrected chi connectivity index (χ1v) is 12.4. The number of benzene rings is 2. The van der Waals surface area contributed by atoms with Crippen LogP contribution < -0.4 is 21.1 Å². The highest BCUT2D eigenvalue weighted by atomic mass is 32.2. The first-order valence-electron chi connectivity index (χ1n) is 10.3. The molecule has 0 aromatic heterocycles. The van der Waals surface area contributed by atoms with Gasteiger partial charge in [-0.05, 0) is 42.7 Å². The highest BCUT2D eigenvalue weighted by Crippen LogP contribution is 2.12. The smallest absolute Gasteiger partial charge is 0.326 e. The minimum atomic E-state index is -3.71. The Labute approximate surface area is 203 Å². The summed E-state index contributed by atoms with van der Waals surface area (Å²) in [5.41, 5.74) is 7.25. The van der Waals surface area contributed by atoms with Crippen LogP contribution in [-0.2, 0) is 21.2 Å². The second-order valence-electron chi connectivity index (χ2n) is 7.43. The maximum absolute atomic E-state index is 12.2. The zero-order valence-corrected chi connectivity index (χ0v) is 20.0. The van der Waals surface area contributed by atoms with Crippen molar-refractivity contribution in [1.82, 2.24) is 10.0 Å². The summed E-state index contributed by atoms with van der Waals surface area (Å²) in [5, 5.41) is 14.1. The molecule has 10 nitrogen and oxygen atoms in total. The third-order valence-corrected chi connectivity index (χ3v) is 6.40. The van der Waals surface area contributed by atoms with Crippen LogP contribution in [0.15, 0.2) is 48.5 Å². The van der Waals surface area contributed by atoms with E-state index in [2.05, 4.69) is 15.4 Å². The van der Waals surface area contributed by atoms with Crippen LogP contribution in [0.2, 0.25) is 0 Å². The molecule has 0 radical (unpaired) electrons. The highest BCUT2D eigenvalue weighted by Gasteiger charge is 2.24. The second kappa shape index (κ2) is 12.2. The lowest BCUT2D eigenvalue weighted by Crippen LogP contribution is -2.43. The predicted octanol–water partition coefficient (Wildman–Crippen LogP) is 2.00. The van der Waals surface area contributed by atoms with Crippen molar-refractivity contribution in [2.45, 2.75) is 32.2 Å². The molecule has 0 saturated carbocycles. The second-order valence-corrected chi connectivity index (χ2v) is 9.75. The molecule has 12 heteroatoms. The maximum atomic E-state index is 12.2. The number of aliphatic carboxylic acids is 1. The third kappa shape index (κ3) is 8.54. The van der Waals surface area contributed by atoms with Crippen molar-refractivity contribution >= 4 is 50.8 Å². The van der Waals surface area contributed by atoms with E-state index in [1.165, 1.54) is 24.3 Å². The largest absolute Gasteiger partial charge is 0.480 e. The number of urea groups is 1. The standard InChI is InChI=1S/C22H26N4O6S2/c1-2-3-12-34(31,32)26-18(21(28)29)13-14-4-10-17(11-5-14)24-22(30)25-20(27)16-8-6-15(7-9-16)19(23)33/h4-11,18,26H,2-3,12-13H2,1H3,(H2,23,33)(H,28,29)(H2,24,25,27,30)/t18-/m0/s1. The summed E-state index contributed by atoms with van der Waals surface area (Å²) in [6.45, 7) is 1.84. The Kier molecular flexibility index (Phi) is 9.66. The molecule has 0 bridgehead atoms. The highest BCUT2D eigenvalue weighted by molar-refractivity contribution is 7.89. The molecule has 0 fully saturated rings. The van der Waals surface area contributed by atoms with Crippen LogP contribution in [0.25, 0.3) is 0 Å². The number of imide groups is 1. The number of thiocarbonyl (C=S) groups is 1. The molecule has 0 heterocycles. The fourth-order valence-electron chi connectivity index (χ4n) is 2.87. The number of nitrogens with two attached hydrogens (primary N) is 1. The molecular formula is C22H26N4O6S2. The number of hydrogen-bond donors (Lipinski definition) is 5. The minimum Gasteiger partial charge on any atom is -0.480 e. The van der Waals surface area contributed by atoms with E-state index in [1.807, 2.05) is 6.92 Å². The molecule has 2 aromatic carbocycles. The number of carbonyl (C=O) groups excluding carboxylic acids is 2. The van der Waals surface area contributed by atoms with Crippen LogP contribution >= 0.6 is 12.2 Å². The number of sulfonamides is 1. The Bertz CT molecular complexity index is 1150. The summed E-state index contributed by atoms with van der Waals surface area (Å²) in [7, 11) is -3.71. The van der Waals surface area contributed by atoms with E-state index in [1.54, 1.807) is 24.3 Å². The number of rotatable bonds is 11. The van der Waals surface area contributed by atoms with Gasteiger partial charge < -0.3 is 16.2 Å². The molecule has 0 aliphatic carbocycles. The maximum Gasteiger partial charge on any atom is 0.326 e. The van der Waals surface area contributed by atoms with Gasteiger partial charge in [0.15, 0.2) is 0 Å². The van der Waals surface area contributed by atoms with Crippen LogP contribution in [0.4, 0.5) is 10.5 Å². The van der Waals surface area contributed by atoms with Gasteiger partial charge in [-0.1, -0.05) is 49.8 Å². The van der Waals surface area contributed by atoms with Crippen LogP contribution in [0.1, 0.15) is 41.3 Å². The van der Waals surface area contributed by atoms with Crippen molar-refractivity contribution in [1.29, 1.82) is 0 Å². The first kappa shape index (κ1) is 26.9. The van der Waals surface area contributed by atoms with Crippen molar-refractivity contribution in [3.63, 3.8) is 0 Å². The Morgan fingerprint density at radius 1 is 1.03 bits per heavy atom. The van der Waals surface area contributed by atoms with Crippen LogP contribution in [0, 0.1) is 0 Å². The van der Waals surface area contributed by atoms with Crippen molar-refractivity contribution in [3.8, 4) is 0 Å². The summed E-state index contributed by atoms with van der Waals surface area (Å²) in [5.74, 6) is -2.06. The van der Waals surface area contributed by atoms with Crippen molar-refractivity contribution < 1.29 is 27.9 Å². The zero-order chi connectivity index (χ0) is 25.3. The number of anilines is 1. The first-order chi connectivity index (χ1) is 16.0. The van der Waals surface area contributed by atoms with Crippen LogP contribution in [0.3, 0.4) is 0 Å². The molecule has 0 unspecified atom stereocenters. The van der Waals surface area contributed by atoms with Gasteiger partial charge in [0.25, 0.3) is 5.91 Å². The van der Waals surface area contributed by atoms with E-state index in [4.69, 9.17) is 18.0 Å². The molecule has 0 aliphatic heterocycles. The Hall–Kier alpha value is -3.35. The van der Waals surface area contributed by atoms with E-state index in [9.17, 15) is 27.9 Å². The number of carboxylic acids is 1. The van der Waals surface area contributed by atoms with E-state index in [0.29, 0.717) is 29.7 Å². The average molecular weight is 507 g/mol. The summed E-state index contributed by atoms with van der Waals surface area (Å²) >= 11 is 4.85. The molecule has 0 aliphatic rings. The molecule has 0 spiro atoms.